The average molecular weight is 399 g/mol. The molecule has 4 aromatic rings. The first-order valence-electron chi connectivity index (χ1n) is 10.4. The molecule has 0 saturated heterocycles. The molecule has 0 amide bonds. The van der Waals surface area contributed by atoms with Gasteiger partial charge in [-0.15, -0.1) is 0 Å². The van der Waals surface area contributed by atoms with Crippen molar-refractivity contribution in [3.05, 3.63) is 65.6 Å². The molecule has 0 spiro atoms. The number of rotatable bonds is 4. The van der Waals surface area contributed by atoms with Crippen molar-refractivity contribution < 1.29 is 0 Å². The molecule has 1 aromatic carbocycles. The van der Waals surface area contributed by atoms with Gasteiger partial charge >= 0.3 is 5.69 Å². The summed E-state index contributed by atoms with van der Waals surface area (Å²) in [6.45, 7) is 0. The SMILES string of the molecule is O=c1ncc2cnc(Nc3ccc(-n4cccn4)cc3)nc2n1C1CC2CCC1C2. The Morgan fingerprint density at radius 2 is 1.90 bits per heavy atom. The van der Waals surface area contributed by atoms with E-state index in [9.17, 15) is 4.79 Å². The van der Waals surface area contributed by atoms with Crippen LogP contribution in [0.15, 0.2) is 59.9 Å². The molecule has 30 heavy (non-hydrogen) atoms. The lowest BCUT2D eigenvalue weighted by Gasteiger charge is -2.24. The molecule has 2 bridgehead atoms. The molecule has 2 fully saturated rings. The first-order chi connectivity index (χ1) is 14.7. The van der Waals surface area contributed by atoms with E-state index in [2.05, 4.69) is 20.4 Å². The van der Waals surface area contributed by atoms with E-state index in [0.717, 1.165) is 29.1 Å². The lowest BCUT2D eigenvalue weighted by atomic mass is 9.95. The summed E-state index contributed by atoms with van der Waals surface area (Å²) < 4.78 is 3.62. The molecule has 8 nitrogen and oxygen atoms in total. The van der Waals surface area contributed by atoms with Crippen LogP contribution in [0.4, 0.5) is 11.6 Å². The topological polar surface area (TPSA) is 90.5 Å². The maximum absolute atomic E-state index is 12.7. The normalized spacial score (nSPS) is 22.6. The number of anilines is 2. The van der Waals surface area contributed by atoms with Crippen molar-refractivity contribution in [3.8, 4) is 5.69 Å². The van der Waals surface area contributed by atoms with Crippen molar-refractivity contribution >= 4 is 22.7 Å². The van der Waals surface area contributed by atoms with Crippen LogP contribution in [0.2, 0.25) is 0 Å². The molecular weight excluding hydrogens is 378 g/mol. The fourth-order valence-corrected chi connectivity index (χ4v) is 5.08. The standard InChI is InChI=1S/C22H21N7O/c30-22-24-13-16-12-23-21(26-17-4-6-18(7-5-17)28-9-1-8-25-28)27-20(16)29(22)19-11-14-2-3-15(19)10-14/h1,4-9,12-15,19H,2-3,10-11H2,(H,23,26,27). The second kappa shape index (κ2) is 6.76. The largest absolute Gasteiger partial charge is 0.349 e. The number of fused-ring (bicyclic) bond motifs is 3. The van der Waals surface area contributed by atoms with Crippen molar-refractivity contribution in [2.75, 3.05) is 5.32 Å². The van der Waals surface area contributed by atoms with E-state index in [1.165, 1.54) is 19.3 Å². The van der Waals surface area contributed by atoms with Gasteiger partial charge in [-0.3, -0.25) is 4.57 Å². The summed E-state index contributed by atoms with van der Waals surface area (Å²) in [5.41, 5.74) is 2.29. The Morgan fingerprint density at radius 3 is 2.63 bits per heavy atom. The summed E-state index contributed by atoms with van der Waals surface area (Å²) in [4.78, 5) is 25.9. The van der Waals surface area contributed by atoms with Crippen LogP contribution in [0.5, 0.6) is 0 Å². The van der Waals surface area contributed by atoms with Gasteiger partial charge in [0.25, 0.3) is 0 Å². The quantitative estimate of drug-likeness (QED) is 0.565. The summed E-state index contributed by atoms with van der Waals surface area (Å²) in [6, 6.07) is 9.96. The van der Waals surface area contributed by atoms with Crippen LogP contribution in [0.3, 0.4) is 0 Å². The Kier molecular flexibility index (Phi) is 3.90. The Bertz CT molecular complexity index is 1260. The molecule has 2 aliphatic rings. The van der Waals surface area contributed by atoms with Crippen molar-refractivity contribution in [2.45, 2.75) is 31.7 Å². The van der Waals surface area contributed by atoms with E-state index in [1.54, 1.807) is 23.3 Å². The summed E-state index contributed by atoms with van der Waals surface area (Å²) >= 11 is 0. The van der Waals surface area contributed by atoms with Crippen molar-refractivity contribution in [2.24, 2.45) is 11.8 Å². The molecule has 2 saturated carbocycles. The lowest BCUT2D eigenvalue weighted by Crippen LogP contribution is -2.30. The lowest BCUT2D eigenvalue weighted by molar-refractivity contribution is 0.326. The van der Waals surface area contributed by atoms with Gasteiger partial charge in [0.15, 0.2) is 5.65 Å². The van der Waals surface area contributed by atoms with Gasteiger partial charge in [-0.25, -0.2) is 19.4 Å². The molecular formula is C22H21N7O. The molecule has 3 aromatic heterocycles. The van der Waals surface area contributed by atoms with Crippen LogP contribution >= 0.6 is 0 Å². The molecule has 1 N–H and O–H groups in total. The van der Waals surface area contributed by atoms with Gasteiger partial charge < -0.3 is 5.32 Å². The molecule has 3 atom stereocenters. The van der Waals surface area contributed by atoms with Gasteiger partial charge in [-0.2, -0.15) is 10.1 Å². The van der Waals surface area contributed by atoms with Gasteiger partial charge in [0.05, 0.1) is 11.1 Å². The molecule has 6 rings (SSSR count). The number of hydrogen-bond acceptors (Lipinski definition) is 6. The summed E-state index contributed by atoms with van der Waals surface area (Å²) in [6.07, 6.45) is 11.7. The van der Waals surface area contributed by atoms with Crippen LogP contribution in [-0.2, 0) is 0 Å². The second-order valence-electron chi connectivity index (χ2n) is 8.25. The van der Waals surface area contributed by atoms with Gasteiger partial charge in [0.2, 0.25) is 5.95 Å². The maximum atomic E-state index is 12.7. The van der Waals surface area contributed by atoms with Crippen LogP contribution < -0.4 is 11.0 Å². The van der Waals surface area contributed by atoms with E-state index in [1.807, 2.05) is 41.1 Å². The maximum Gasteiger partial charge on any atom is 0.349 e. The second-order valence-corrected chi connectivity index (χ2v) is 8.25. The zero-order chi connectivity index (χ0) is 20.1. The molecule has 150 valence electrons. The van der Waals surface area contributed by atoms with Gasteiger partial charge in [-0.05, 0) is 61.4 Å². The van der Waals surface area contributed by atoms with Crippen LogP contribution in [0.25, 0.3) is 16.7 Å². The zero-order valence-corrected chi connectivity index (χ0v) is 16.3. The molecule has 8 heteroatoms. The fourth-order valence-electron chi connectivity index (χ4n) is 5.08. The summed E-state index contributed by atoms with van der Waals surface area (Å²) in [5.74, 6) is 1.76. The minimum atomic E-state index is -0.215. The predicted octanol–water partition coefficient (Wildman–Crippen LogP) is 3.48. The Balaban J connectivity index is 1.34. The predicted molar refractivity (Wildman–Crippen MR) is 113 cm³/mol. The van der Waals surface area contributed by atoms with Gasteiger partial charge in [0.1, 0.15) is 0 Å². The van der Waals surface area contributed by atoms with Crippen LogP contribution in [0, 0.1) is 11.8 Å². The number of aromatic nitrogens is 6. The number of benzene rings is 1. The average Bonchev–Trinajstić information content (AvgIpc) is 3.53. The van der Waals surface area contributed by atoms with E-state index in [-0.39, 0.29) is 11.7 Å². The third-order valence-corrected chi connectivity index (χ3v) is 6.47. The highest BCUT2D eigenvalue weighted by Crippen LogP contribution is 2.50. The van der Waals surface area contributed by atoms with E-state index >= 15 is 0 Å². The number of nitrogens with one attached hydrogen (secondary N) is 1. The highest BCUT2D eigenvalue weighted by atomic mass is 16.1. The van der Waals surface area contributed by atoms with Gasteiger partial charge in [0, 0.05) is 36.5 Å². The van der Waals surface area contributed by atoms with Crippen molar-refractivity contribution in [1.29, 1.82) is 0 Å². The molecule has 0 radical (unpaired) electrons. The zero-order valence-electron chi connectivity index (χ0n) is 16.3. The number of hydrogen-bond donors (Lipinski definition) is 1. The molecule has 2 aliphatic carbocycles. The highest BCUT2D eigenvalue weighted by molar-refractivity contribution is 5.75. The smallest absolute Gasteiger partial charge is 0.324 e. The minimum absolute atomic E-state index is 0.198. The Morgan fingerprint density at radius 1 is 1.03 bits per heavy atom. The van der Waals surface area contributed by atoms with Crippen molar-refractivity contribution in [3.63, 3.8) is 0 Å². The third-order valence-electron chi connectivity index (χ3n) is 6.47. The Hall–Kier alpha value is -3.55. The minimum Gasteiger partial charge on any atom is -0.324 e. The summed E-state index contributed by atoms with van der Waals surface area (Å²) in [7, 11) is 0. The monoisotopic (exact) mass is 399 g/mol. The van der Waals surface area contributed by atoms with E-state index in [0.29, 0.717) is 17.5 Å². The fraction of sp³-hybridized carbons (Fsp3) is 0.318. The first kappa shape index (κ1) is 17.3. The van der Waals surface area contributed by atoms with E-state index < -0.39 is 0 Å². The highest BCUT2D eigenvalue weighted by Gasteiger charge is 2.41. The molecule has 0 aliphatic heterocycles. The number of nitrogens with zero attached hydrogens (tertiary/aromatic N) is 6. The van der Waals surface area contributed by atoms with Crippen LogP contribution in [0.1, 0.15) is 31.7 Å². The Labute approximate surface area is 172 Å². The molecule has 3 heterocycles. The van der Waals surface area contributed by atoms with E-state index in [4.69, 9.17) is 4.98 Å². The van der Waals surface area contributed by atoms with Crippen LogP contribution in [-0.4, -0.2) is 29.3 Å². The van der Waals surface area contributed by atoms with Crippen molar-refractivity contribution in [1.82, 2.24) is 29.3 Å². The summed E-state index contributed by atoms with van der Waals surface area (Å²) in [5, 5.41) is 8.28. The third kappa shape index (κ3) is 2.87. The van der Waals surface area contributed by atoms with Gasteiger partial charge in [-0.1, -0.05) is 6.42 Å². The molecule has 3 unspecified atom stereocenters. The first-order valence-corrected chi connectivity index (χ1v) is 10.4.